The molecule has 1 amide bonds. The van der Waals surface area contributed by atoms with E-state index in [4.69, 9.17) is 0 Å². The van der Waals surface area contributed by atoms with Crippen LogP contribution >= 0.6 is 11.8 Å². The van der Waals surface area contributed by atoms with E-state index in [2.05, 4.69) is 40.7 Å². The van der Waals surface area contributed by atoms with Gasteiger partial charge in [-0.15, -0.1) is 11.8 Å². The average Bonchev–Trinajstić information content (AvgIpc) is 2.65. The number of nitrogens with one attached hydrogen (secondary N) is 1. The van der Waals surface area contributed by atoms with E-state index in [9.17, 15) is 4.79 Å². The summed E-state index contributed by atoms with van der Waals surface area (Å²) in [5.41, 5.74) is 2.10. The summed E-state index contributed by atoms with van der Waals surface area (Å²) in [4.78, 5) is 16.0. The van der Waals surface area contributed by atoms with Gasteiger partial charge in [-0.2, -0.15) is 0 Å². The van der Waals surface area contributed by atoms with Crippen LogP contribution in [0.2, 0.25) is 0 Å². The van der Waals surface area contributed by atoms with Crippen LogP contribution < -0.4 is 5.32 Å². The molecule has 4 heteroatoms. The number of carbonyl (C=O) groups excluding carboxylic acids is 1. The fourth-order valence-electron chi connectivity index (χ4n) is 3.08. The molecule has 0 spiro atoms. The Morgan fingerprint density at radius 1 is 1.08 bits per heavy atom. The van der Waals surface area contributed by atoms with E-state index in [0.717, 1.165) is 38.0 Å². The van der Waals surface area contributed by atoms with E-state index in [0.29, 0.717) is 0 Å². The predicted octanol–water partition coefficient (Wildman–Crippen LogP) is 3.80. The van der Waals surface area contributed by atoms with Crippen molar-refractivity contribution in [3.05, 3.63) is 65.7 Å². The van der Waals surface area contributed by atoms with Crippen LogP contribution in [-0.4, -0.2) is 36.2 Å². The lowest BCUT2D eigenvalue weighted by molar-refractivity contribution is 0.0909. The van der Waals surface area contributed by atoms with Gasteiger partial charge < -0.3 is 5.32 Å². The van der Waals surface area contributed by atoms with Gasteiger partial charge in [0.1, 0.15) is 0 Å². The number of likely N-dealkylation sites (tertiary alicyclic amines) is 1. The van der Waals surface area contributed by atoms with E-state index in [-0.39, 0.29) is 11.9 Å². The maximum absolute atomic E-state index is 12.2. The second-order valence-corrected chi connectivity index (χ2v) is 7.12. The first-order valence-electron chi connectivity index (χ1n) is 8.46. The fraction of sp³-hybridized carbons (Fsp3) is 0.350. The average molecular weight is 340 g/mol. The third-order valence-electron chi connectivity index (χ3n) is 4.52. The molecule has 126 valence electrons. The third-order valence-corrected chi connectivity index (χ3v) is 5.27. The molecule has 2 aromatic rings. The molecular weight excluding hydrogens is 316 g/mol. The minimum Gasteiger partial charge on any atom is -0.349 e. The van der Waals surface area contributed by atoms with Crippen LogP contribution in [-0.2, 0) is 6.54 Å². The van der Waals surface area contributed by atoms with Crippen LogP contribution in [0.3, 0.4) is 0 Å². The van der Waals surface area contributed by atoms with E-state index in [1.807, 2.05) is 30.3 Å². The molecular formula is C20H24N2OS. The molecule has 2 aromatic carbocycles. The summed E-state index contributed by atoms with van der Waals surface area (Å²) in [6.07, 6.45) is 4.13. The molecule has 0 aromatic heterocycles. The van der Waals surface area contributed by atoms with Crippen LogP contribution in [0.15, 0.2) is 59.5 Å². The maximum Gasteiger partial charge on any atom is 0.251 e. The minimum atomic E-state index is 0.0432. The third kappa shape index (κ3) is 4.62. The highest BCUT2D eigenvalue weighted by atomic mass is 32.2. The lowest BCUT2D eigenvalue weighted by Crippen LogP contribution is -2.44. The molecule has 0 unspecified atom stereocenters. The van der Waals surface area contributed by atoms with Crippen molar-refractivity contribution in [3.8, 4) is 0 Å². The van der Waals surface area contributed by atoms with E-state index in [1.54, 1.807) is 11.8 Å². The van der Waals surface area contributed by atoms with Crippen LogP contribution in [0.4, 0.5) is 0 Å². The summed E-state index contributed by atoms with van der Waals surface area (Å²) in [5, 5.41) is 3.17. The summed E-state index contributed by atoms with van der Waals surface area (Å²) in [5.74, 6) is 0.0432. The molecule has 0 bridgehead atoms. The molecule has 3 rings (SSSR count). The molecule has 1 saturated heterocycles. The highest BCUT2D eigenvalue weighted by Gasteiger charge is 2.21. The number of piperidine rings is 1. The van der Waals surface area contributed by atoms with Crippen LogP contribution in [0, 0.1) is 0 Å². The van der Waals surface area contributed by atoms with Gasteiger partial charge >= 0.3 is 0 Å². The Balaban J connectivity index is 1.46. The number of benzene rings is 2. The summed E-state index contributed by atoms with van der Waals surface area (Å²) >= 11 is 1.77. The zero-order valence-corrected chi connectivity index (χ0v) is 14.9. The van der Waals surface area contributed by atoms with E-state index < -0.39 is 0 Å². The van der Waals surface area contributed by atoms with Crippen molar-refractivity contribution in [3.63, 3.8) is 0 Å². The zero-order chi connectivity index (χ0) is 16.8. The van der Waals surface area contributed by atoms with Crippen molar-refractivity contribution < 1.29 is 4.79 Å². The molecule has 1 N–H and O–H groups in total. The van der Waals surface area contributed by atoms with Gasteiger partial charge in [0.05, 0.1) is 0 Å². The molecule has 1 heterocycles. The van der Waals surface area contributed by atoms with Gasteiger partial charge in [-0.05, 0) is 48.9 Å². The first-order chi connectivity index (χ1) is 11.7. The van der Waals surface area contributed by atoms with Crippen molar-refractivity contribution in [2.45, 2.75) is 30.3 Å². The van der Waals surface area contributed by atoms with Crippen molar-refractivity contribution in [2.24, 2.45) is 0 Å². The predicted molar refractivity (Wildman–Crippen MR) is 100 cm³/mol. The summed E-state index contributed by atoms with van der Waals surface area (Å²) < 4.78 is 0. The number of hydrogen-bond donors (Lipinski definition) is 1. The Bertz CT molecular complexity index is 649. The van der Waals surface area contributed by atoms with Gasteiger partial charge in [0.25, 0.3) is 5.91 Å². The molecule has 0 saturated carbocycles. The Labute approximate surface area is 148 Å². The Morgan fingerprint density at radius 3 is 2.38 bits per heavy atom. The van der Waals surface area contributed by atoms with Crippen LogP contribution in [0.1, 0.15) is 28.8 Å². The Kier molecular flexibility index (Phi) is 5.94. The standard InChI is InChI=1S/C20H24N2OS/c1-24-19-9-7-16(8-10-19)15-22-13-11-18(12-14-22)21-20(23)17-5-3-2-4-6-17/h2-10,18H,11-15H2,1H3,(H,21,23). The van der Waals surface area contributed by atoms with Crippen molar-refractivity contribution in [1.29, 1.82) is 0 Å². The number of amides is 1. The van der Waals surface area contributed by atoms with Crippen molar-refractivity contribution in [1.82, 2.24) is 10.2 Å². The Hall–Kier alpha value is -1.78. The van der Waals surface area contributed by atoms with E-state index >= 15 is 0 Å². The highest BCUT2D eigenvalue weighted by molar-refractivity contribution is 7.98. The second kappa shape index (κ2) is 8.36. The second-order valence-electron chi connectivity index (χ2n) is 6.24. The number of carbonyl (C=O) groups is 1. The topological polar surface area (TPSA) is 32.3 Å². The monoisotopic (exact) mass is 340 g/mol. The van der Waals surface area contributed by atoms with Gasteiger partial charge in [0, 0.05) is 36.1 Å². The molecule has 24 heavy (non-hydrogen) atoms. The number of rotatable bonds is 5. The normalized spacial score (nSPS) is 16.0. The SMILES string of the molecule is CSc1ccc(CN2CCC(NC(=O)c3ccccc3)CC2)cc1. The number of nitrogens with zero attached hydrogens (tertiary/aromatic N) is 1. The number of thioether (sulfide) groups is 1. The molecule has 3 nitrogen and oxygen atoms in total. The molecule has 0 aliphatic carbocycles. The van der Waals surface area contributed by atoms with Gasteiger partial charge in [0.2, 0.25) is 0 Å². The molecule has 1 aliphatic heterocycles. The smallest absolute Gasteiger partial charge is 0.251 e. The first-order valence-corrected chi connectivity index (χ1v) is 9.68. The lowest BCUT2D eigenvalue weighted by atomic mass is 10.0. The molecule has 0 atom stereocenters. The quantitative estimate of drug-likeness (QED) is 0.840. The summed E-state index contributed by atoms with van der Waals surface area (Å²) in [6, 6.07) is 18.6. The maximum atomic E-state index is 12.2. The van der Waals surface area contributed by atoms with Crippen LogP contribution in [0.5, 0.6) is 0 Å². The Morgan fingerprint density at radius 2 is 1.75 bits per heavy atom. The minimum absolute atomic E-state index is 0.0432. The van der Waals surface area contributed by atoms with E-state index in [1.165, 1.54) is 10.5 Å². The van der Waals surface area contributed by atoms with Crippen molar-refractivity contribution >= 4 is 17.7 Å². The van der Waals surface area contributed by atoms with Gasteiger partial charge in [-0.1, -0.05) is 30.3 Å². The van der Waals surface area contributed by atoms with Gasteiger partial charge in [-0.25, -0.2) is 0 Å². The molecule has 1 aliphatic rings. The first kappa shape index (κ1) is 17.1. The lowest BCUT2D eigenvalue weighted by Gasteiger charge is -2.32. The number of hydrogen-bond acceptors (Lipinski definition) is 3. The zero-order valence-electron chi connectivity index (χ0n) is 14.1. The van der Waals surface area contributed by atoms with Gasteiger partial charge in [0.15, 0.2) is 0 Å². The highest BCUT2D eigenvalue weighted by Crippen LogP contribution is 2.18. The summed E-state index contributed by atoms with van der Waals surface area (Å²) in [6.45, 7) is 3.06. The summed E-state index contributed by atoms with van der Waals surface area (Å²) in [7, 11) is 0. The molecule has 1 fully saturated rings. The van der Waals surface area contributed by atoms with Crippen LogP contribution in [0.25, 0.3) is 0 Å². The van der Waals surface area contributed by atoms with Crippen molar-refractivity contribution in [2.75, 3.05) is 19.3 Å². The van der Waals surface area contributed by atoms with Gasteiger partial charge in [-0.3, -0.25) is 9.69 Å². The largest absolute Gasteiger partial charge is 0.349 e. The molecule has 0 radical (unpaired) electrons. The fourth-order valence-corrected chi connectivity index (χ4v) is 3.49.